The van der Waals surface area contributed by atoms with Crippen LogP contribution < -0.4 is 5.73 Å². The highest BCUT2D eigenvalue weighted by atomic mass is 16.1. The molecule has 0 aliphatic carbocycles. The third-order valence-electron chi connectivity index (χ3n) is 0.595. The summed E-state index contributed by atoms with van der Waals surface area (Å²) in [4.78, 5) is 9.93. The fourth-order valence-corrected chi connectivity index (χ4v) is 0.244. The second-order valence-corrected chi connectivity index (χ2v) is 1.29. The van der Waals surface area contributed by atoms with Gasteiger partial charge in [-0.25, -0.2) is 0 Å². The van der Waals surface area contributed by atoms with Crippen molar-refractivity contribution in [3.05, 3.63) is 12.7 Å². The summed E-state index contributed by atoms with van der Waals surface area (Å²) >= 11 is 0. The first-order chi connectivity index (χ1) is 3.27. The van der Waals surface area contributed by atoms with E-state index in [1.165, 1.54) is 0 Å². The van der Waals surface area contributed by atoms with E-state index in [0.29, 0.717) is 12.8 Å². The number of carbonyl (C=O) groups excluding carboxylic acids is 1. The van der Waals surface area contributed by atoms with E-state index in [1.54, 1.807) is 6.08 Å². The van der Waals surface area contributed by atoms with Crippen LogP contribution in [0.25, 0.3) is 0 Å². The standard InChI is InChI=1S/C5H9NO/c1-2-3-4-5(6)7/h2H,1,3-4H2,(H2,6,7). The van der Waals surface area contributed by atoms with Crippen LogP contribution in [0.3, 0.4) is 0 Å². The summed E-state index contributed by atoms with van der Waals surface area (Å²) in [7, 11) is 0. The van der Waals surface area contributed by atoms with E-state index in [4.69, 9.17) is 5.73 Å². The van der Waals surface area contributed by atoms with Gasteiger partial charge in [-0.15, -0.1) is 6.58 Å². The zero-order chi connectivity index (χ0) is 5.70. The second kappa shape index (κ2) is 3.40. The van der Waals surface area contributed by atoms with Crippen LogP contribution in [-0.2, 0) is 4.79 Å². The summed E-state index contributed by atoms with van der Waals surface area (Å²) in [5.41, 5.74) is 4.79. The summed E-state index contributed by atoms with van der Waals surface area (Å²) in [6.07, 6.45) is 2.78. The Hall–Kier alpha value is -0.790. The monoisotopic (exact) mass is 99.1 g/mol. The lowest BCUT2D eigenvalue weighted by molar-refractivity contribution is -0.117. The smallest absolute Gasteiger partial charge is 0.217 e. The van der Waals surface area contributed by atoms with Crippen LogP contribution in [0.2, 0.25) is 0 Å². The lowest BCUT2D eigenvalue weighted by Gasteiger charge is -1.83. The van der Waals surface area contributed by atoms with E-state index in [1.807, 2.05) is 0 Å². The van der Waals surface area contributed by atoms with Gasteiger partial charge in [0.15, 0.2) is 0 Å². The van der Waals surface area contributed by atoms with Crippen molar-refractivity contribution >= 4 is 5.91 Å². The average molecular weight is 99.1 g/mol. The van der Waals surface area contributed by atoms with Crippen molar-refractivity contribution in [1.29, 1.82) is 0 Å². The zero-order valence-corrected chi connectivity index (χ0v) is 4.18. The summed E-state index contributed by atoms with van der Waals surface area (Å²) < 4.78 is 0. The Bertz CT molecular complexity index is 78.1. The minimum Gasteiger partial charge on any atom is -0.370 e. The van der Waals surface area contributed by atoms with Crippen LogP contribution in [0.4, 0.5) is 0 Å². The Morgan fingerprint density at radius 2 is 2.43 bits per heavy atom. The van der Waals surface area contributed by atoms with Crippen molar-refractivity contribution in [2.75, 3.05) is 0 Å². The Morgan fingerprint density at radius 3 is 2.57 bits per heavy atom. The van der Waals surface area contributed by atoms with Gasteiger partial charge in [0.25, 0.3) is 0 Å². The maximum Gasteiger partial charge on any atom is 0.217 e. The van der Waals surface area contributed by atoms with Crippen LogP contribution in [-0.4, -0.2) is 5.91 Å². The number of hydrogen-bond acceptors (Lipinski definition) is 1. The van der Waals surface area contributed by atoms with Gasteiger partial charge in [-0.05, 0) is 6.42 Å². The minimum absolute atomic E-state index is 0.264. The fraction of sp³-hybridized carbons (Fsp3) is 0.400. The second-order valence-electron chi connectivity index (χ2n) is 1.29. The zero-order valence-electron chi connectivity index (χ0n) is 4.18. The first kappa shape index (κ1) is 6.21. The molecule has 1 amide bonds. The lowest BCUT2D eigenvalue weighted by Crippen LogP contribution is -2.08. The van der Waals surface area contributed by atoms with E-state index < -0.39 is 0 Å². The molecular formula is C5H9NO. The molecule has 0 atom stereocenters. The third-order valence-corrected chi connectivity index (χ3v) is 0.595. The molecule has 0 saturated carbocycles. The fourth-order valence-electron chi connectivity index (χ4n) is 0.244. The summed E-state index contributed by atoms with van der Waals surface area (Å²) in [6, 6.07) is 0. The highest BCUT2D eigenvalue weighted by Gasteiger charge is 1.86. The minimum atomic E-state index is -0.264. The van der Waals surface area contributed by atoms with Gasteiger partial charge >= 0.3 is 0 Å². The van der Waals surface area contributed by atoms with E-state index in [-0.39, 0.29) is 5.91 Å². The van der Waals surface area contributed by atoms with E-state index in [2.05, 4.69) is 6.58 Å². The first-order valence-electron chi connectivity index (χ1n) is 2.16. The molecule has 0 aliphatic heterocycles. The molecule has 0 spiro atoms. The molecule has 0 aromatic heterocycles. The Balaban J connectivity index is 2.97. The molecule has 0 aromatic carbocycles. The lowest BCUT2D eigenvalue weighted by atomic mass is 10.3. The van der Waals surface area contributed by atoms with Gasteiger partial charge in [-0.2, -0.15) is 0 Å². The van der Waals surface area contributed by atoms with Crippen molar-refractivity contribution in [3.63, 3.8) is 0 Å². The van der Waals surface area contributed by atoms with Crippen LogP contribution in [0.1, 0.15) is 12.8 Å². The molecule has 0 heterocycles. The molecule has 2 N–H and O–H groups in total. The third kappa shape index (κ3) is 5.21. The number of primary amides is 1. The number of amides is 1. The molecule has 0 fully saturated rings. The molecule has 0 aromatic rings. The molecule has 0 saturated heterocycles. The molecule has 2 nitrogen and oxygen atoms in total. The highest BCUT2D eigenvalue weighted by Crippen LogP contribution is 1.84. The summed E-state index contributed by atoms with van der Waals surface area (Å²) in [6.45, 7) is 3.42. The average Bonchev–Trinajstić information content (AvgIpc) is 1.61. The highest BCUT2D eigenvalue weighted by molar-refractivity contribution is 5.73. The molecule has 40 valence electrons. The van der Waals surface area contributed by atoms with Crippen LogP contribution in [0.15, 0.2) is 12.7 Å². The number of carbonyl (C=O) groups is 1. The predicted molar refractivity (Wildman–Crippen MR) is 28.6 cm³/mol. The van der Waals surface area contributed by atoms with Gasteiger partial charge in [-0.1, -0.05) is 6.08 Å². The topological polar surface area (TPSA) is 43.1 Å². The number of rotatable bonds is 3. The van der Waals surface area contributed by atoms with Gasteiger partial charge in [-0.3, -0.25) is 4.79 Å². The SMILES string of the molecule is C=CCCC(N)=O. The van der Waals surface area contributed by atoms with Crippen LogP contribution in [0, 0.1) is 0 Å². The van der Waals surface area contributed by atoms with Crippen molar-refractivity contribution in [1.82, 2.24) is 0 Å². The van der Waals surface area contributed by atoms with Gasteiger partial charge in [0.2, 0.25) is 5.91 Å². The summed E-state index contributed by atoms with van der Waals surface area (Å²) in [5.74, 6) is -0.264. The number of allylic oxidation sites excluding steroid dienone is 1. The molecule has 0 radical (unpaired) electrons. The Kier molecular flexibility index (Phi) is 3.02. The van der Waals surface area contributed by atoms with E-state index in [0.717, 1.165) is 0 Å². The molecular weight excluding hydrogens is 90.1 g/mol. The molecule has 0 rings (SSSR count). The molecule has 7 heavy (non-hydrogen) atoms. The maximum atomic E-state index is 9.93. The maximum absolute atomic E-state index is 9.93. The van der Waals surface area contributed by atoms with Gasteiger partial charge in [0.05, 0.1) is 0 Å². The largest absolute Gasteiger partial charge is 0.370 e. The number of hydrogen-bond donors (Lipinski definition) is 1. The van der Waals surface area contributed by atoms with E-state index >= 15 is 0 Å². The molecule has 0 unspecified atom stereocenters. The van der Waals surface area contributed by atoms with E-state index in [9.17, 15) is 4.79 Å². The molecule has 0 aliphatic rings. The van der Waals surface area contributed by atoms with Crippen molar-refractivity contribution in [3.8, 4) is 0 Å². The predicted octanol–water partition coefficient (Wildman–Crippen LogP) is 0.438. The van der Waals surface area contributed by atoms with Gasteiger partial charge in [0.1, 0.15) is 0 Å². The van der Waals surface area contributed by atoms with Crippen LogP contribution in [0.5, 0.6) is 0 Å². The van der Waals surface area contributed by atoms with Gasteiger partial charge in [0, 0.05) is 6.42 Å². The van der Waals surface area contributed by atoms with Crippen LogP contribution >= 0.6 is 0 Å². The normalized spacial score (nSPS) is 8.00. The Labute approximate surface area is 43.0 Å². The van der Waals surface area contributed by atoms with Crippen molar-refractivity contribution in [2.45, 2.75) is 12.8 Å². The number of nitrogens with two attached hydrogens (primary N) is 1. The first-order valence-corrected chi connectivity index (χ1v) is 2.16. The quantitative estimate of drug-likeness (QED) is 0.512. The Morgan fingerprint density at radius 1 is 1.86 bits per heavy atom. The molecule has 2 heteroatoms. The van der Waals surface area contributed by atoms with Gasteiger partial charge < -0.3 is 5.73 Å². The summed E-state index contributed by atoms with van der Waals surface area (Å²) in [5, 5.41) is 0. The molecule has 0 bridgehead atoms. The van der Waals surface area contributed by atoms with Crippen molar-refractivity contribution in [2.24, 2.45) is 5.73 Å². The van der Waals surface area contributed by atoms with Crippen molar-refractivity contribution < 1.29 is 4.79 Å².